The minimum absolute atomic E-state index is 0.0321. The molecule has 0 spiro atoms. The molecule has 0 fully saturated rings. The number of pyridine rings is 1. The highest BCUT2D eigenvalue weighted by Gasteiger charge is 2.31. The summed E-state index contributed by atoms with van der Waals surface area (Å²) in [5.74, 6) is 0.168. The minimum Gasteiger partial charge on any atom is -0.427 e. The molecule has 1 unspecified atom stereocenters. The molecule has 2 aromatic rings. The van der Waals surface area contributed by atoms with E-state index in [0.717, 1.165) is 0 Å². The van der Waals surface area contributed by atoms with E-state index in [4.69, 9.17) is 21.5 Å². The summed E-state index contributed by atoms with van der Waals surface area (Å²) in [5.41, 5.74) is 13.2. The highest BCUT2D eigenvalue weighted by atomic mass is 79.9. The number of nitrogens with one attached hydrogen (secondary N) is 2. The molecule has 0 saturated carbocycles. The van der Waals surface area contributed by atoms with E-state index in [9.17, 15) is 10.1 Å². The summed E-state index contributed by atoms with van der Waals surface area (Å²) < 4.78 is 5.80. The Labute approximate surface area is 167 Å². The number of esters is 1. The predicted octanol–water partition coefficient (Wildman–Crippen LogP) is 1.75. The Balaban J connectivity index is 2.25. The van der Waals surface area contributed by atoms with E-state index < -0.39 is 12.0 Å². The van der Waals surface area contributed by atoms with Crippen LogP contribution in [0.2, 0.25) is 0 Å². The van der Waals surface area contributed by atoms with Crippen molar-refractivity contribution in [3.05, 3.63) is 39.4 Å². The molecule has 0 bridgehead atoms. The Kier molecular flexibility index (Phi) is 5.02. The zero-order valence-corrected chi connectivity index (χ0v) is 16.0. The van der Waals surface area contributed by atoms with Gasteiger partial charge < -0.3 is 21.5 Å². The van der Waals surface area contributed by atoms with Gasteiger partial charge in [-0.15, -0.1) is 0 Å². The molecule has 3 rings (SSSR count). The quantitative estimate of drug-likeness (QED) is 0.234. The van der Waals surface area contributed by atoms with Gasteiger partial charge in [-0.1, -0.05) is 15.9 Å². The van der Waals surface area contributed by atoms with Crippen molar-refractivity contribution in [3.8, 4) is 18.0 Å². The molecular formula is C17H13BrN8O2. The van der Waals surface area contributed by atoms with Crippen LogP contribution in [0, 0.1) is 22.8 Å². The smallest absolute Gasteiger partial charge is 0.308 e. The number of hydrogen-bond donors (Lipinski definition) is 4. The molecule has 0 saturated heterocycles. The number of benzene rings is 1. The van der Waals surface area contributed by atoms with Crippen molar-refractivity contribution in [1.82, 2.24) is 10.3 Å². The molecular weight excluding hydrogens is 428 g/mol. The predicted molar refractivity (Wildman–Crippen MR) is 105 cm³/mol. The van der Waals surface area contributed by atoms with Crippen LogP contribution >= 0.6 is 15.9 Å². The first-order valence-electron chi connectivity index (χ1n) is 7.82. The summed E-state index contributed by atoms with van der Waals surface area (Å²) >= 11 is 3.45. The van der Waals surface area contributed by atoms with Crippen LogP contribution in [0.5, 0.6) is 5.75 Å². The zero-order chi connectivity index (χ0) is 20.4. The van der Waals surface area contributed by atoms with E-state index in [2.05, 4.69) is 36.5 Å². The average Bonchev–Trinajstić information content (AvgIpc) is 2.62. The third-order valence-corrected chi connectivity index (χ3v) is 4.60. The van der Waals surface area contributed by atoms with E-state index in [1.807, 2.05) is 6.07 Å². The molecule has 6 N–H and O–H groups in total. The van der Waals surface area contributed by atoms with E-state index in [1.54, 1.807) is 24.4 Å². The van der Waals surface area contributed by atoms with Crippen LogP contribution < -0.4 is 26.8 Å². The molecule has 0 amide bonds. The van der Waals surface area contributed by atoms with Gasteiger partial charge in [0.1, 0.15) is 35.1 Å². The number of nitriles is 2. The number of nitrogen functional groups attached to an aromatic ring is 2. The molecule has 140 valence electrons. The lowest BCUT2D eigenvalue weighted by molar-refractivity contribution is -0.131. The first kappa shape index (κ1) is 18.9. The molecule has 1 atom stereocenters. The van der Waals surface area contributed by atoms with Gasteiger partial charge in [-0.05, 0) is 23.8 Å². The number of carbonyl (C=O) groups excluding carboxylic acids is 1. The van der Waals surface area contributed by atoms with Crippen LogP contribution in [-0.2, 0) is 4.79 Å². The van der Waals surface area contributed by atoms with E-state index in [-0.39, 0.29) is 28.8 Å². The number of fused-ring (bicyclic) bond motifs is 1. The van der Waals surface area contributed by atoms with Gasteiger partial charge >= 0.3 is 5.97 Å². The van der Waals surface area contributed by atoms with Crippen LogP contribution in [0.15, 0.2) is 27.7 Å². The van der Waals surface area contributed by atoms with Crippen molar-refractivity contribution in [1.29, 1.82) is 10.5 Å². The second kappa shape index (κ2) is 7.42. The van der Waals surface area contributed by atoms with Crippen LogP contribution in [0.4, 0.5) is 17.3 Å². The normalized spacial score (nSPS) is 14.6. The fraction of sp³-hybridized carbons (Fsp3) is 0.118. The lowest BCUT2D eigenvalue weighted by atomic mass is 9.95. The Hall–Kier alpha value is -3.83. The van der Waals surface area contributed by atoms with Gasteiger partial charge in [0, 0.05) is 17.0 Å². The summed E-state index contributed by atoms with van der Waals surface area (Å²) in [6.07, 6.45) is 1.78. The van der Waals surface area contributed by atoms with Crippen molar-refractivity contribution >= 4 is 45.2 Å². The fourth-order valence-electron chi connectivity index (χ4n) is 2.77. The summed E-state index contributed by atoms with van der Waals surface area (Å²) in [5, 5.41) is 23.6. The van der Waals surface area contributed by atoms with Crippen LogP contribution in [0.1, 0.15) is 29.7 Å². The lowest BCUT2D eigenvalue weighted by Gasteiger charge is -2.27. The van der Waals surface area contributed by atoms with E-state index in [0.29, 0.717) is 21.3 Å². The summed E-state index contributed by atoms with van der Waals surface area (Å²) in [6, 6.07) is 6.10. The highest BCUT2D eigenvalue weighted by Crippen LogP contribution is 2.43. The number of carbonyl (C=O) groups is 1. The molecule has 1 aliphatic heterocycles. The number of rotatable bonds is 2. The van der Waals surface area contributed by atoms with Crippen LogP contribution in [0.25, 0.3) is 0 Å². The number of anilines is 3. The standard InChI is InChI=1S/C17H13BrN8O2/c1-7(27)28-8-2-3-11(18)9(4-8)14-12-13(21)10(5-19)15(22)25-16(12)26-17(24-14)23-6-20/h2-4,14H,1H3,(H6,21,22,23,24,25,26). The van der Waals surface area contributed by atoms with Crippen molar-refractivity contribution in [3.63, 3.8) is 0 Å². The Morgan fingerprint density at radius 2 is 2.14 bits per heavy atom. The van der Waals surface area contributed by atoms with Gasteiger partial charge in [0.15, 0.2) is 6.19 Å². The average molecular weight is 441 g/mol. The summed E-state index contributed by atoms with van der Waals surface area (Å²) in [7, 11) is 0. The highest BCUT2D eigenvalue weighted by molar-refractivity contribution is 9.10. The second-order valence-electron chi connectivity index (χ2n) is 5.68. The zero-order valence-electron chi connectivity index (χ0n) is 14.4. The first-order chi connectivity index (χ1) is 13.3. The lowest BCUT2D eigenvalue weighted by Crippen LogP contribution is -2.32. The number of aromatic nitrogens is 1. The molecule has 28 heavy (non-hydrogen) atoms. The Bertz CT molecular complexity index is 1100. The fourth-order valence-corrected chi connectivity index (χ4v) is 3.23. The molecule has 1 aromatic heterocycles. The Morgan fingerprint density at radius 3 is 2.79 bits per heavy atom. The monoisotopic (exact) mass is 440 g/mol. The summed E-state index contributed by atoms with van der Waals surface area (Å²) in [6.45, 7) is 1.29. The van der Waals surface area contributed by atoms with Gasteiger partial charge in [0.05, 0.1) is 5.69 Å². The van der Waals surface area contributed by atoms with Gasteiger partial charge in [-0.25, -0.2) is 9.98 Å². The topological polar surface area (TPSA) is 175 Å². The van der Waals surface area contributed by atoms with Crippen LogP contribution in [-0.4, -0.2) is 16.9 Å². The number of nitrogens with two attached hydrogens (primary N) is 2. The largest absolute Gasteiger partial charge is 0.427 e. The van der Waals surface area contributed by atoms with Crippen molar-refractivity contribution < 1.29 is 9.53 Å². The maximum Gasteiger partial charge on any atom is 0.308 e. The number of guanidine groups is 1. The second-order valence-corrected chi connectivity index (χ2v) is 6.53. The van der Waals surface area contributed by atoms with E-state index in [1.165, 1.54) is 6.92 Å². The molecule has 10 nitrogen and oxygen atoms in total. The Morgan fingerprint density at radius 1 is 1.39 bits per heavy atom. The first-order valence-corrected chi connectivity index (χ1v) is 8.61. The summed E-state index contributed by atoms with van der Waals surface area (Å²) in [4.78, 5) is 19.9. The van der Waals surface area contributed by atoms with Gasteiger partial charge in [-0.3, -0.25) is 10.1 Å². The van der Waals surface area contributed by atoms with Gasteiger partial charge in [-0.2, -0.15) is 10.5 Å². The maximum absolute atomic E-state index is 11.3. The SMILES string of the molecule is CC(=O)Oc1ccc(Br)c(C2N=C(NC#N)Nc3nc(N)c(C#N)c(N)c32)c1. The van der Waals surface area contributed by atoms with Gasteiger partial charge in [0.25, 0.3) is 0 Å². The molecule has 0 radical (unpaired) electrons. The minimum atomic E-state index is -0.753. The third kappa shape index (κ3) is 3.39. The van der Waals surface area contributed by atoms with Gasteiger partial charge in [0.2, 0.25) is 5.96 Å². The van der Waals surface area contributed by atoms with Crippen molar-refractivity contribution in [2.75, 3.05) is 16.8 Å². The molecule has 11 heteroatoms. The number of ether oxygens (including phenoxy) is 1. The molecule has 1 aromatic carbocycles. The molecule has 1 aliphatic rings. The molecule has 0 aliphatic carbocycles. The van der Waals surface area contributed by atoms with Crippen molar-refractivity contribution in [2.45, 2.75) is 13.0 Å². The third-order valence-electron chi connectivity index (χ3n) is 3.88. The van der Waals surface area contributed by atoms with E-state index >= 15 is 0 Å². The van der Waals surface area contributed by atoms with Crippen molar-refractivity contribution in [2.24, 2.45) is 4.99 Å². The van der Waals surface area contributed by atoms with Crippen LogP contribution in [0.3, 0.4) is 0 Å². The number of halogens is 1. The number of nitrogens with zero attached hydrogens (tertiary/aromatic N) is 4. The molecule has 2 heterocycles. The number of hydrogen-bond acceptors (Lipinski definition) is 10. The maximum atomic E-state index is 11.3. The number of aliphatic imine (C=N–C) groups is 1.